The Kier molecular flexibility index (Phi) is 4.01. The van der Waals surface area contributed by atoms with E-state index < -0.39 is 11.2 Å². The van der Waals surface area contributed by atoms with Crippen molar-refractivity contribution in [2.45, 2.75) is 33.1 Å². The monoisotopic (exact) mass is 295 g/mol. The Labute approximate surface area is 123 Å². The lowest BCUT2D eigenvalue weighted by Crippen LogP contribution is -2.51. The SMILES string of the molecule is CC(C)(C)C(O)(Cn1cncn1)Oc1ccc(Cl)cc1. The molecule has 1 unspecified atom stereocenters. The Balaban J connectivity index is 2.25. The third-order valence-corrected chi connectivity index (χ3v) is 3.37. The van der Waals surface area contributed by atoms with E-state index in [0.29, 0.717) is 10.8 Å². The van der Waals surface area contributed by atoms with Crippen molar-refractivity contribution in [3.63, 3.8) is 0 Å². The summed E-state index contributed by atoms with van der Waals surface area (Å²) in [5, 5.41) is 15.5. The predicted octanol–water partition coefficient (Wildman–Crippen LogP) is 2.75. The van der Waals surface area contributed by atoms with E-state index in [0.717, 1.165) is 0 Å². The zero-order valence-electron chi connectivity index (χ0n) is 11.7. The van der Waals surface area contributed by atoms with Crippen LogP contribution in [0.4, 0.5) is 0 Å². The highest BCUT2D eigenvalue weighted by molar-refractivity contribution is 6.30. The van der Waals surface area contributed by atoms with Crippen LogP contribution >= 0.6 is 11.6 Å². The Morgan fingerprint density at radius 2 is 1.90 bits per heavy atom. The minimum atomic E-state index is -1.42. The van der Waals surface area contributed by atoms with Crippen LogP contribution in [0.1, 0.15) is 20.8 Å². The molecular formula is C14H18ClN3O2. The van der Waals surface area contributed by atoms with Crippen LogP contribution in [0.2, 0.25) is 5.02 Å². The zero-order valence-corrected chi connectivity index (χ0v) is 12.5. The molecule has 0 spiro atoms. The largest absolute Gasteiger partial charge is 0.460 e. The van der Waals surface area contributed by atoms with Crippen LogP contribution < -0.4 is 4.74 Å². The van der Waals surface area contributed by atoms with E-state index >= 15 is 0 Å². The van der Waals surface area contributed by atoms with E-state index in [-0.39, 0.29) is 6.54 Å². The predicted molar refractivity (Wildman–Crippen MR) is 76.5 cm³/mol. The molecule has 0 fully saturated rings. The van der Waals surface area contributed by atoms with Crippen molar-refractivity contribution in [3.8, 4) is 5.75 Å². The lowest BCUT2D eigenvalue weighted by molar-refractivity contribution is -0.217. The first-order valence-corrected chi connectivity index (χ1v) is 6.67. The first-order chi connectivity index (χ1) is 9.30. The van der Waals surface area contributed by atoms with Crippen LogP contribution in [0.5, 0.6) is 5.75 Å². The lowest BCUT2D eigenvalue weighted by atomic mass is 9.85. The smallest absolute Gasteiger partial charge is 0.232 e. The number of ether oxygens (including phenoxy) is 1. The lowest BCUT2D eigenvalue weighted by Gasteiger charge is -2.39. The normalized spacial score (nSPS) is 14.8. The molecule has 108 valence electrons. The van der Waals surface area contributed by atoms with Gasteiger partial charge < -0.3 is 9.84 Å². The van der Waals surface area contributed by atoms with Crippen molar-refractivity contribution < 1.29 is 9.84 Å². The van der Waals surface area contributed by atoms with E-state index in [9.17, 15) is 5.11 Å². The molecule has 1 atom stereocenters. The molecule has 0 saturated heterocycles. The Morgan fingerprint density at radius 3 is 2.40 bits per heavy atom. The van der Waals surface area contributed by atoms with Gasteiger partial charge in [-0.15, -0.1) is 0 Å². The maximum absolute atomic E-state index is 10.9. The highest BCUT2D eigenvalue weighted by atomic mass is 35.5. The molecule has 2 rings (SSSR count). The van der Waals surface area contributed by atoms with Gasteiger partial charge in [0, 0.05) is 10.4 Å². The maximum Gasteiger partial charge on any atom is 0.232 e. The van der Waals surface area contributed by atoms with Crippen molar-refractivity contribution >= 4 is 11.6 Å². The molecule has 0 radical (unpaired) electrons. The summed E-state index contributed by atoms with van der Waals surface area (Å²) in [5.41, 5.74) is -0.515. The molecule has 0 saturated carbocycles. The Bertz CT molecular complexity index is 549. The number of benzene rings is 1. The van der Waals surface area contributed by atoms with E-state index in [1.807, 2.05) is 20.8 Å². The van der Waals surface area contributed by atoms with Crippen LogP contribution in [0.15, 0.2) is 36.9 Å². The number of nitrogens with zero attached hydrogens (tertiary/aromatic N) is 3. The molecule has 0 aliphatic rings. The van der Waals surface area contributed by atoms with Crippen molar-refractivity contribution in [2.75, 3.05) is 0 Å². The van der Waals surface area contributed by atoms with Gasteiger partial charge in [0.15, 0.2) is 0 Å². The summed E-state index contributed by atoms with van der Waals surface area (Å²) in [7, 11) is 0. The molecule has 1 N–H and O–H groups in total. The highest BCUT2D eigenvalue weighted by Gasteiger charge is 2.43. The number of hydrogen-bond acceptors (Lipinski definition) is 4. The van der Waals surface area contributed by atoms with Gasteiger partial charge in [-0.25, -0.2) is 9.67 Å². The van der Waals surface area contributed by atoms with Crippen molar-refractivity contribution in [1.82, 2.24) is 14.8 Å². The van der Waals surface area contributed by atoms with Crippen LogP contribution in [0.25, 0.3) is 0 Å². The molecule has 0 amide bonds. The standard InChI is InChI=1S/C14H18ClN3O2/c1-13(2,3)14(19,8-18-10-16-9-17-18)20-12-6-4-11(15)5-7-12/h4-7,9-10,19H,8H2,1-3H3. The van der Waals surface area contributed by atoms with E-state index in [4.69, 9.17) is 16.3 Å². The minimum Gasteiger partial charge on any atom is -0.460 e. The summed E-state index contributed by atoms with van der Waals surface area (Å²) in [6.45, 7) is 5.89. The minimum absolute atomic E-state index is 0.180. The van der Waals surface area contributed by atoms with E-state index in [1.54, 1.807) is 35.3 Å². The van der Waals surface area contributed by atoms with Crippen molar-refractivity contribution in [1.29, 1.82) is 0 Å². The fourth-order valence-electron chi connectivity index (χ4n) is 1.65. The molecule has 0 bridgehead atoms. The first kappa shape index (κ1) is 14.8. The molecule has 0 aliphatic carbocycles. The number of aromatic nitrogens is 3. The van der Waals surface area contributed by atoms with Gasteiger partial charge in [-0.2, -0.15) is 5.10 Å². The third kappa shape index (κ3) is 3.29. The molecule has 1 aromatic carbocycles. The molecule has 2 aromatic rings. The number of halogens is 1. The summed E-state index contributed by atoms with van der Waals surface area (Å²) < 4.78 is 7.35. The van der Waals surface area contributed by atoms with Gasteiger partial charge >= 0.3 is 0 Å². The van der Waals surface area contributed by atoms with Crippen LogP contribution in [0.3, 0.4) is 0 Å². The molecule has 20 heavy (non-hydrogen) atoms. The summed E-state index contributed by atoms with van der Waals surface area (Å²) in [6.07, 6.45) is 2.97. The molecule has 1 heterocycles. The average molecular weight is 296 g/mol. The summed E-state index contributed by atoms with van der Waals surface area (Å²) in [5.74, 6) is -0.874. The van der Waals surface area contributed by atoms with E-state index in [2.05, 4.69) is 10.1 Å². The number of hydrogen-bond donors (Lipinski definition) is 1. The second-order valence-electron chi connectivity index (χ2n) is 5.68. The Morgan fingerprint density at radius 1 is 1.25 bits per heavy atom. The van der Waals surface area contributed by atoms with Gasteiger partial charge in [-0.05, 0) is 24.3 Å². The van der Waals surface area contributed by atoms with Crippen LogP contribution in [-0.4, -0.2) is 25.7 Å². The topological polar surface area (TPSA) is 60.2 Å². The second kappa shape index (κ2) is 5.42. The second-order valence-corrected chi connectivity index (χ2v) is 6.12. The van der Waals surface area contributed by atoms with Gasteiger partial charge in [0.1, 0.15) is 24.9 Å². The zero-order chi connectivity index (χ0) is 14.8. The molecule has 0 aliphatic heterocycles. The van der Waals surface area contributed by atoms with Crippen molar-refractivity contribution in [3.05, 3.63) is 41.9 Å². The van der Waals surface area contributed by atoms with E-state index in [1.165, 1.54) is 6.33 Å². The quantitative estimate of drug-likeness (QED) is 0.881. The fraction of sp³-hybridized carbons (Fsp3) is 0.429. The first-order valence-electron chi connectivity index (χ1n) is 6.29. The van der Waals surface area contributed by atoms with Gasteiger partial charge in [0.05, 0.1) is 0 Å². The Hall–Kier alpha value is -1.59. The van der Waals surface area contributed by atoms with Gasteiger partial charge in [0.2, 0.25) is 5.79 Å². The summed E-state index contributed by atoms with van der Waals surface area (Å²) >= 11 is 5.85. The maximum atomic E-state index is 10.9. The number of aliphatic hydroxyl groups is 1. The molecule has 5 nitrogen and oxygen atoms in total. The third-order valence-electron chi connectivity index (χ3n) is 3.12. The number of rotatable bonds is 4. The van der Waals surface area contributed by atoms with Crippen LogP contribution in [-0.2, 0) is 6.54 Å². The van der Waals surface area contributed by atoms with Gasteiger partial charge in [-0.3, -0.25) is 0 Å². The molecule has 6 heteroatoms. The summed E-state index contributed by atoms with van der Waals surface area (Å²) in [4.78, 5) is 3.87. The fourth-order valence-corrected chi connectivity index (χ4v) is 1.78. The van der Waals surface area contributed by atoms with Crippen LogP contribution in [0, 0.1) is 5.41 Å². The van der Waals surface area contributed by atoms with Gasteiger partial charge in [-0.1, -0.05) is 32.4 Å². The molecular weight excluding hydrogens is 278 g/mol. The van der Waals surface area contributed by atoms with Crippen molar-refractivity contribution in [2.24, 2.45) is 5.41 Å². The average Bonchev–Trinajstić information content (AvgIpc) is 2.83. The molecule has 1 aromatic heterocycles. The highest BCUT2D eigenvalue weighted by Crippen LogP contribution is 2.34. The van der Waals surface area contributed by atoms with Gasteiger partial charge in [0.25, 0.3) is 0 Å². The summed E-state index contributed by atoms with van der Waals surface area (Å²) in [6, 6.07) is 6.88.